The predicted molar refractivity (Wildman–Crippen MR) is 96.4 cm³/mol. The second-order valence-electron chi connectivity index (χ2n) is 5.13. The molecule has 0 aliphatic heterocycles. The van der Waals surface area contributed by atoms with Gasteiger partial charge >= 0.3 is 0 Å². The van der Waals surface area contributed by atoms with E-state index in [1.807, 2.05) is 30.5 Å². The number of hydrogen-bond acceptors (Lipinski definition) is 5. The third kappa shape index (κ3) is 4.03. The van der Waals surface area contributed by atoms with E-state index in [2.05, 4.69) is 0 Å². The van der Waals surface area contributed by atoms with E-state index in [0.717, 1.165) is 10.5 Å². The molecule has 24 heavy (non-hydrogen) atoms. The van der Waals surface area contributed by atoms with E-state index in [1.54, 1.807) is 24.9 Å². The van der Waals surface area contributed by atoms with Crippen molar-refractivity contribution < 1.29 is 17.9 Å². The average Bonchev–Trinajstić information content (AvgIpc) is 2.61. The Labute approximate surface area is 147 Å². The molecule has 0 radical (unpaired) electrons. The van der Waals surface area contributed by atoms with Crippen molar-refractivity contribution in [2.24, 2.45) is 0 Å². The molecule has 0 N–H and O–H groups in total. The normalized spacial score (nSPS) is 11.5. The van der Waals surface area contributed by atoms with Crippen molar-refractivity contribution >= 4 is 21.8 Å². The summed E-state index contributed by atoms with van der Waals surface area (Å²) in [4.78, 5) is 1.31. The smallest absolute Gasteiger partial charge is 0.243 e. The van der Waals surface area contributed by atoms with Gasteiger partial charge in [0, 0.05) is 24.6 Å². The first-order chi connectivity index (χ1) is 11.4. The minimum Gasteiger partial charge on any atom is -0.493 e. The highest BCUT2D eigenvalue weighted by molar-refractivity contribution is 7.98. The molecule has 0 aliphatic carbocycles. The molecular weight excluding hydrogens is 346 g/mol. The van der Waals surface area contributed by atoms with Crippen LogP contribution < -0.4 is 9.47 Å². The van der Waals surface area contributed by atoms with Crippen molar-refractivity contribution in [2.45, 2.75) is 16.3 Å². The molecule has 2 aromatic rings. The van der Waals surface area contributed by atoms with Gasteiger partial charge in [-0.3, -0.25) is 0 Å². The minimum absolute atomic E-state index is 0.170. The van der Waals surface area contributed by atoms with Crippen molar-refractivity contribution in [2.75, 3.05) is 27.5 Å². The van der Waals surface area contributed by atoms with Crippen molar-refractivity contribution in [3.05, 3.63) is 48.0 Å². The van der Waals surface area contributed by atoms with Crippen LogP contribution in [0.25, 0.3) is 0 Å². The highest BCUT2D eigenvalue weighted by atomic mass is 32.2. The van der Waals surface area contributed by atoms with Gasteiger partial charge in [-0.25, -0.2) is 8.42 Å². The molecule has 0 aromatic heterocycles. The van der Waals surface area contributed by atoms with Crippen molar-refractivity contribution in [3.63, 3.8) is 0 Å². The summed E-state index contributed by atoms with van der Waals surface area (Å²) < 4.78 is 37.2. The van der Waals surface area contributed by atoms with Crippen LogP contribution in [0.1, 0.15) is 5.56 Å². The Morgan fingerprint density at radius 3 is 2.17 bits per heavy atom. The maximum Gasteiger partial charge on any atom is 0.243 e. The maximum absolute atomic E-state index is 12.8. The molecule has 0 saturated heterocycles. The molecule has 0 atom stereocenters. The molecule has 2 rings (SSSR count). The highest BCUT2D eigenvalue weighted by Gasteiger charge is 2.22. The fraction of sp³-hybridized carbons (Fsp3) is 0.294. The van der Waals surface area contributed by atoms with Gasteiger partial charge in [-0.05, 0) is 36.1 Å². The fourth-order valence-corrected chi connectivity index (χ4v) is 3.81. The summed E-state index contributed by atoms with van der Waals surface area (Å²) in [6.07, 6.45) is 2.00. The van der Waals surface area contributed by atoms with Crippen LogP contribution in [0.2, 0.25) is 0 Å². The topological polar surface area (TPSA) is 55.8 Å². The van der Waals surface area contributed by atoms with Gasteiger partial charge in [-0.1, -0.05) is 12.1 Å². The Kier molecular flexibility index (Phi) is 6.15. The summed E-state index contributed by atoms with van der Waals surface area (Å²) >= 11 is 1.65. The lowest BCUT2D eigenvalue weighted by molar-refractivity contribution is 0.353. The summed E-state index contributed by atoms with van der Waals surface area (Å²) in [5, 5.41) is 0. The first kappa shape index (κ1) is 18.6. The number of benzene rings is 2. The molecular formula is C17H21NO4S2. The number of thioether (sulfide) groups is 1. The molecule has 2 aromatic carbocycles. The first-order valence-corrected chi connectivity index (χ1v) is 9.90. The van der Waals surface area contributed by atoms with E-state index in [9.17, 15) is 8.42 Å². The molecule has 0 saturated carbocycles. The molecule has 0 fully saturated rings. The number of nitrogens with zero attached hydrogens (tertiary/aromatic N) is 1. The Morgan fingerprint density at radius 1 is 1.00 bits per heavy atom. The Hall–Kier alpha value is -1.70. The molecule has 130 valence electrons. The van der Waals surface area contributed by atoms with Crippen LogP contribution in [0.15, 0.2) is 52.3 Å². The van der Waals surface area contributed by atoms with Gasteiger partial charge < -0.3 is 9.47 Å². The number of methoxy groups -OCH3 is 2. The highest BCUT2D eigenvalue weighted by Crippen LogP contribution is 2.30. The van der Waals surface area contributed by atoms with E-state index < -0.39 is 10.0 Å². The second-order valence-corrected chi connectivity index (χ2v) is 8.05. The molecule has 5 nitrogen and oxygen atoms in total. The molecule has 0 unspecified atom stereocenters. The van der Waals surface area contributed by atoms with Crippen LogP contribution in [0, 0.1) is 0 Å². The lowest BCUT2D eigenvalue weighted by Gasteiger charge is -2.18. The van der Waals surface area contributed by atoms with Crippen LogP contribution in [-0.4, -0.2) is 40.2 Å². The lowest BCUT2D eigenvalue weighted by Crippen LogP contribution is -2.26. The van der Waals surface area contributed by atoms with E-state index >= 15 is 0 Å². The van der Waals surface area contributed by atoms with Gasteiger partial charge in [0.1, 0.15) is 0 Å². The van der Waals surface area contributed by atoms with Crippen LogP contribution in [-0.2, 0) is 16.6 Å². The zero-order valence-corrected chi connectivity index (χ0v) is 15.8. The monoisotopic (exact) mass is 367 g/mol. The lowest BCUT2D eigenvalue weighted by atomic mass is 10.2. The van der Waals surface area contributed by atoms with Gasteiger partial charge in [0.25, 0.3) is 0 Å². The summed E-state index contributed by atoms with van der Waals surface area (Å²) in [7, 11) is 0.934. The summed E-state index contributed by atoms with van der Waals surface area (Å²) in [6.45, 7) is 0.297. The Balaban J connectivity index is 2.25. The second kappa shape index (κ2) is 7.92. The number of hydrogen-bond donors (Lipinski definition) is 0. The number of sulfonamides is 1. The van der Waals surface area contributed by atoms with Crippen molar-refractivity contribution in [1.82, 2.24) is 4.31 Å². The van der Waals surface area contributed by atoms with Crippen molar-refractivity contribution in [1.29, 1.82) is 0 Å². The molecule has 0 heterocycles. The van der Waals surface area contributed by atoms with E-state index in [0.29, 0.717) is 18.0 Å². The van der Waals surface area contributed by atoms with Gasteiger partial charge in [-0.15, -0.1) is 11.8 Å². The molecule has 0 amide bonds. The van der Waals surface area contributed by atoms with Crippen molar-refractivity contribution in [3.8, 4) is 11.5 Å². The predicted octanol–water partition coefficient (Wildman–Crippen LogP) is 3.25. The summed E-state index contributed by atoms with van der Waals surface area (Å²) in [5.41, 5.74) is 0.930. The zero-order chi connectivity index (χ0) is 17.7. The minimum atomic E-state index is -3.62. The first-order valence-electron chi connectivity index (χ1n) is 7.23. The standard InChI is InChI=1S/C17H21NO4S2/c1-18(12-13-5-7-14(23-4)8-6-13)24(19,20)15-9-10-16(21-2)17(11-15)22-3/h5-11H,12H2,1-4H3. The van der Waals surface area contributed by atoms with Gasteiger partial charge in [0.2, 0.25) is 10.0 Å². The van der Waals surface area contributed by atoms with Crippen LogP contribution in [0.4, 0.5) is 0 Å². The molecule has 0 spiro atoms. The summed E-state index contributed by atoms with van der Waals surface area (Å²) in [5.74, 6) is 0.878. The third-order valence-electron chi connectivity index (χ3n) is 3.63. The average molecular weight is 367 g/mol. The van der Waals surface area contributed by atoms with Crippen LogP contribution in [0.3, 0.4) is 0 Å². The van der Waals surface area contributed by atoms with Crippen LogP contribution in [0.5, 0.6) is 11.5 Å². The quantitative estimate of drug-likeness (QED) is 0.703. The SMILES string of the molecule is COc1ccc(S(=O)(=O)N(C)Cc2ccc(SC)cc2)cc1OC. The Bertz CT molecular complexity index is 789. The zero-order valence-electron chi connectivity index (χ0n) is 14.1. The summed E-state index contributed by atoms with van der Waals surface area (Å²) in [6, 6.07) is 12.4. The fourth-order valence-electron chi connectivity index (χ4n) is 2.23. The van der Waals surface area contributed by atoms with Gasteiger partial charge in [0.05, 0.1) is 19.1 Å². The number of rotatable bonds is 7. The molecule has 0 aliphatic rings. The van der Waals surface area contributed by atoms with E-state index in [1.165, 1.54) is 30.7 Å². The van der Waals surface area contributed by atoms with Gasteiger partial charge in [0.15, 0.2) is 11.5 Å². The van der Waals surface area contributed by atoms with Crippen LogP contribution >= 0.6 is 11.8 Å². The maximum atomic E-state index is 12.8. The largest absolute Gasteiger partial charge is 0.493 e. The molecule has 7 heteroatoms. The molecule has 0 bridgehead atoms. The van der Waals surface area contributed by atoms with E-state index in [4.69, 9.17) is 9.47 Å². The third-order valence-corrected chi connectivity index (χ3v) is 6.17. The Morgan fingerprint density at radius 2 is 1.62 bits per heavy atom. The van der Waals surface area contributed by atoms with Gasteiger partial charge in [-0.2, -0.15) is 4.31 Å². The van der Waals surface area contributed by atoms with E-state index in [-0.39, 0.29) is 4.90 Å². The number of ether oxygens (including phenoxy) is 2.